The molecule has 0 amide bonds. The Balaban J connectivity index is 2.22. The van der Waals surface area contributed by atoms with Gasteiger partial charge in [-0.05, 0) is 64.6 Å². The molecule has 1 aliphatic carbocycles. The number of rotatable bonds is 10. The summed E-state index contributed by atoms with van der Waals surface area (Å²) in [5.41, 5.74) is -0.338. The van der Waals surface area contributed by atoms with Gasteiger partial charge in [0.1, 0.15) is 5.54 Å². The van der Waals surface area contributed by atoms with Gasteiger partial charge in [-0.25, -0.2) is 0 Å². The van der Waals surface area contributed by atoms with Crippen LogP contribution in [0.15, 0.2) is 0 Å². The Morgan fingerprint density at radius 3 is 2.61 bits per heavy atom. The highest BCUT2D eigenvalue weighted by molar-refractivity contribution is 5.03. The van der Waals surface area contributed by atoms with Crippen molar-refractivity contribution in [3.63, 3.8) is 0 Å². The van der Waals surface area contributed by atoms with Gasteiger partial charge in [0.25, 0.3) is 0 Å². The third kappa shape index (κ3) is 5.84. The van der Waals surface area contributed by atoms with Crippen molar-refractivity contribution in [1.29, 1.82) is 5.26 Å². The zero-order valence-corrected chi connectivity index (χ0v) is 12.3. The highest BCUT2D eigenvalue weighted by Crippen LogP contribution is 2.29. The number of nitrogens with one attached hydrogen (secondary N) is 1. The predicted octanol–water partition coefficient (Wildman–Crippen LogP) is 2.78. The van der Waals surface area contributed by atoms with Crippen molar-refractivity contribution in [2.24, 2.45) is 5.92 Å². The molecule has 0 spiro atoms. The van der Waals surface area contributed by atoms with Crippen molar-refractivity contribution in [1.82, 2.24) is 10.2 Å². The quantitative estimate of drug-likeness (QED) is 0.649. The van der Waals surface area contributed by atoms with E-state index in [1.807, 2.05) is 6.92 Å². The van der Waals surface area contributed by atoms with Crippen LogP contribution in [0, 0.1) is 17.2 Å². The zero-order chi connectivity index (χ0) is 13.4. The van der Waals surface area contributed by atoms with Gasteiger partial charge in [-0.1, -0.05) is 13.8 Å². The van der Waals surface area contributed by atoms with Crippen LogP contribution in [0.2, 0.25) is 0 Å². The van der Waals surface area contributed by atoms with Crippen LogP contribution in [0.5, 0.6) is 0 Å². The first-order valence-electron chi connectivity index (χ1n) is 7.52. The molecule has 0 aromatic rings. The maximum atomic E-state index is 9.26. The molecule has 0 radical (unpaired) electrons. The standard InChI is InChI=1S/C15H29N3/c1-4-10-17-15(3,13-16)9-6-11-18(5-2)12-14-7-8-14/h14,17H,4-12H2,1-3H3. The Hall–Kier alpha value is -0.590. The Kier molecular flexibility index (Phi) is 6.67. The molecule has 3 nitrogen and oxygen atoms in total. The third-order valence-electron chi connectivity index (χ3n) is 3.82. The summed E-state index contributed by atoms with van der Waals surface area (Å²) in [5.74, 6) is 0.963. The van der Waals surface area contributed by atoms with Gasteiger partial charge >= 0.3 is 0 Å². The highest BCUT2D eigenvalue weighted by atomic mass is 15.1. The average molecular weight is 251 g/mol. The molecular weight excluding hydrogens is 222 g/mol. The van der Waals surface area contributed by atoms with Crippen molar-refractivity contribution in [3.8, 4) is 6.07 Å². The largest absolute Gasteiger partial charge is 0.303 e. The first kappa shape index (κ1) is 15.5. The second-order valence-corrected chi connectivity index (χ2v) is 5.81. The first-order chi connectivity index (χ1) is 8.63. The fourth-order valence-electron chi connectivity index (χ4n) is 2.28. The van der Waals surface area contributed by atoms with Crippen LogP contribution in [0.4, 0.5) is 0 Å². The number of hydrogen-bond donors (Lipinski definition) is 1. The lowest BCUT2D eigenvalue weighted by atomic mass is 9.97. The van der Waals surface area contributed by atoms with E-state index in [1.54, 1.807) is 0 Å². The van der Waals surface area contributed by atoms with Crippen LogP contribution in [0.3, 0.4) is 0 Å². The van der Waals surface area contributed by atoms with Crippen molar-refractivity contribution in [2.45, 2.75) is 58.4 Å². The van der Waals surface area contributed by atoms with E-state index in [2.05, 4.69) is 30.1 Å². The van der Waals surface area contributed by atoms with Crippen LogP contribution in [0.1, 0.15) is 52.9 Å². The van der Waals surface area contributed by atoms with Crippen molar-refractivity contribution in [3.05, 3.63) is 0 Å². The molecule has 104 valence electrons. The summed E-state index contributed by atoms with van der Waals surface area (Å²) in [6.45, 7) is 10.9. The van der Waals surface area contributed by atoms with Gasteiger partial charge in [0.2, 0.25) is 0 Å². The molecule has 0 bridgehead atoms. The molecule has 1 rings (SSSR count). The van der Waals surface area contributed by atoms with E-state index in [0.717, 1.165) is 44.8 Å². The maximum Gasteiger partial charge on any atom is 0.103 e. The molecule has 0 heterocycles. The van der Waals surface area contributed by atoms with Crippen molar-refractivity contribution in [2.75, 3.05) is 26.2 Å². The topological polar surface area (TPSA) is 39.1 Å². The molecule has 1 unspecified atom stereocenters. The van der Waals surface area contributed by atoms with Gasteiger partial charge < -0.3 is 4.90 Å². The first-order valence-corrected chi connectivity index (χ1v) is 7.52. The molecule has 18 heavy (non-hydrogen) atoms. The predicted molar refractivity (Wildman–Crippen MR) is 76.4 cm³/mol. The van der Waals surface area contributed by atoms with Crippen LogP contribution in [-0.4, -0.2) is 36.6 Å². The molecule has 0 aromatic heterocycles. The molecule has 0 aliphatic heterocycles. The highest BCUT2D eigenvalue weighted by Gasteiger charge is 2.25. The summed E-state index contributed by atoms with van der Waals surface area (Å²) < 4.78 is 0. The van der Waals surface area contributed by atoms with Crippen LogP contribution < -0.4 is 5.32 Å². The summed E-state index contributed by atoms with van der Waals surface area (Å²) in [4.78, 5) is 2.54. The smallest absolute Gasteiger partial charge is 0.103 e. The minimum Gasteiger partial charge on any atom is -0.303 e. The van der Waals surface area contributed by atoms with E-state index < -0.39 is 0 Å². The second kappa shape index (κ2) is 7.76. The molecular formula is C15H29N3. The minimum absolute atomic E-state index is 0.338. The fourth-order valence-corrected chi connectivity index (χ4v) is 2.28. The average Bonchev–Trinajstić information content (AvgIpc) is 3.19. The maximum absolute atomic E-state index is 9.26. The van der Waals surface area contributed by atoms with Crippen LogP contribution >= 0.6 is 0 Å². The van der Waals surface area contributed by atoms with E-state index >= 15 is 0 Å². The molecule has 0 aromatic carbocycles. The summed E-state index contributed by atoms with van der Waals surface area (Å²) in [6, 6.07) is 2.43. The molecule has 1 fully saturated rings. The SMILES string of the molecule is CCCNC(C)(C#N)CCCN(CC)CC1CC1. The Labute approximate surface area is 113 Å². The number of nitrogens with zero attached hydrogens (tertiary/aromatic N) is 2. The van der Waals surface area contributed by atoms with Gasteiger partial charge in [-0.15, -0.1) is 0 Å². The summed E-state index contributed by atoms with van der Waals surface area (Å²) in [6.07, 6.45) is 5.99. The molecule has 1 aliphatic rings. The second-order valence-electron chi connectivity index (χ2n) is 5.81. The van der Waals surface area contributed by atoms with Gasteiger partial charge in [-0.3, -0.25) is 5.32 Å². The molecule has 3 heteroatoms. The zero-order valence-electron chi connectivity index (χ0n) is 12.3. The fraction of sp³-hybridized carbons (Fsp3) is 0.933. The normalized spacial score (nSPS) is 18.6. The molecule has 1 N–H and O–H groups in total. The molecule has 0 saturated heterocycles. The lowest BCUT2D eigenvalue weighted by Gasteiger charge is -2.25. The van der Waals surface area contributed by atoms with Gasteiger partial charge in [0.05, 0.1) is 6.07 Å². The van der Waals surface area contributed by atoms with E-state index in [9.17, 15) is 5.26 Å². The number of nitriles is 1. The van der Waals surface area contributed by atoms with Crippen LogP contribution in [-0.2, 0) is 0 Å². The van der Waals surface area contributed by atoms with Gasteiger partial charge in [-0.2, -0.15) is 5.26 Å². The minimum atomic E-state index is -0.338. The summed E-state index contributed by atoms with van der Waals surface area (Å²) in [7, 11) is 0. The summed E-state index contributed by atoms with van der Waals surface area (Å²) >= 11 is 0. The lowest BCUT2D eigenvalue weighted by molar-refractivity contribution is 0.259. The van der Waals surface area contributed by atoms with E-state index in [0.29, 0.717) is 0 Å². The molecule has 1 atom stereocenters. The van der Waals surface area contributed by atoms with E-state index in [1.165, 1.54) is 19.4 Å². The van der Waals surface area contributed by atoms with Gasteiger partial charge in [0.15, 0.2) is 0 Å². The summed E-state index contributed by atoms with van der Waals surface area (Å²) in [5, 5.41) is 12.6. The van der Waals surface area contributed by atoms with Crippen LogP contribution in [0.25, 0.3) is 0 Å². The number of hydrogen-bond acceptors (Lipinski definition) is 3. The van der Waals surface area contributed by atoms with Crippen molar-refractivity contribution >= 4 is 0 Å². The van der Waals surface area contributed by atoms with E-state index in [4.69, 9.17) is 0 Å². The Bertz CT molecular complexity index is 267. The third-order valence-corrected chi connectivity index (χ3v) is 3.82. The lowest BCUT2D eigenvalue weighted by Crippen LogP contribution is -2.42. The van der Waals surface area contributed by atoms with Crippen molar-refractivity contribution < 1.29 is 0 Å². The Morgan fingerprint density at radius 1 is 1.39 bits per heavy atom. The Morgan fingerprint density at radius 2 is 2.11 bits per heavy atom. The van der Waals surface area contributed by atoms with Gasteiger partial charge in [0, 0.05) is 6.54 Å². The monoisotopic (exact) mass is 251 g/mol. The molecule has 1 saturated carbocycles. The van der Waals surface area contributed by atoms with E-state index in [-0.39, 0.29) is 5.54 Å².